The zero-order valence-electron chi connectivity index (χ0n) is 55.7. The van der Waals surface area contributed by atoms with Crippen LogP contribution in [0.4, 0.5) is 34.1 Å². The summed E-state index contributed by atoms with van der Waals surface area (Å²) >= 11 is 0. The Kier molecular flexibility index (Phi) is 13.0. The van der Waals surface area contributed by atoms with E-state index in [1.54, 1.807) is 0 Å². The minimum absolute atomic E-state index is 0.287. The van der Waals surface area contributed by atoms with Gasteiger partial charge in [0.2, 0.25) is 0 Å². The van der Waals surface area contributed by atoms with E-state index >= 15 is 0 Å². The van der Waals surface area contributed by atoms with Gasteiger partial charge in [-0.3, -0.25) is 0 Å². The highest BCUT2D eigenvalue weighted by Crippen LogP contribution is 2.60. The van der Waals surface area contributed by atoms with Crippen molar-refractivity contribution in [3.05, 3.63) is 404 Å². The third-order valence-electron chi connectivity index (χ3n) is 22.2. The van der Waals surface area contributed by atoms with Gasteiger partial charge in [-0.15, -0.1) is 0 Å². The number of fused-ring (bicyclic) bond motifs is 13. The number of para-hydroxylation sites is 6. The van der Waals surface area contributed by atoms with Crippen LogP contribution in [0.25, 0.3) is 111 Å². The van der Waals surface area contributed by atoms with Crippen LogP contribution in [-0.4, -0.2) is 15.8 Å². The van der Waals surface area contributed by atoms with Crippen LogP contribution in [0.5, 0.6) is 0 Å². The molecule has 16 aromatic carbocycles. The van der Waals surface area contributed by atoms with Crippen molar-refractivity contribution < 1.29 is 0 Å². The fourth-order valence-corrected chi connectivity index (χ4v) is 18.0. The molecule has 0 amide bonds. The molecule has 4 nitrogen and oxygen atoms in total. The topological polar surface area (TPSA) is 16.3 Å². The first-order chi connectivity index (χ1) is 50.7. The predicted molar refractivity (Wildman–Crippen MR) is 428 cm³/mol. The largest absolute Gasteiger partial charge is 0.310 e. The zero-order chi connectivity index (χ0) is 67.0. The fourth-order valence-electron chi connectivity index (χ4n) is 18.0. The van der Waals surface area contributed by atoms with Crippen molar-refractivity contribution in [3.63, 3.8) is 0 Å². The monoisotopic (exact) mass is 1290 g/mol. The maximum atomic E-state index is 2.72. The molecule has 0 radical (unpaired) electrons. The van der Waals surface area contributed by atoms with Gasteiger partial charge in [0.05, 0.1) is 38.9 Å². The van der Waals surface area contributed by atoms with E-state index in [1.165, 1.54) is 65.8 Å². The number of nitrogens with zero attached hydrogens (tertiary/aromatic N) is 4. The van der Waals surface area contributed by atoms with E-state index in [2.05, 4.69) is 401 Å². The van der Waals surface area contributed by atoms with Crippen molar-refractivity contribution in [3.8, 4) is 67.0 Å². The number of anilines is 6. The first-order valence-electron chi connectivity index (χ1n) is 35.4. The molecular weight excluding hydrogens is 1230 g/mol. The quantitative estimate of drug-likeness (QED) is 0.127. The molecule has 0 unspecified atom stereocenters. The molecule has 5 heteroatoms. The highest BCUT2D eigenvalue weighted by Gasteiger charge is 2.51. The number of benzene rings is 16. The fraction of sp³-hybridized carbons (Fsp3) is 0.0103. The Morgan fingerprint density at radius 3 is 0.892 bits per heavy atom. The summed E-state index contributed by atoms with van der Waals surface area (Å²) in [6.45, 7) is -0.287. The summed E-state index contributed by atoms with van der Waals surface area (Å²) in [5, 5.41) is 4.88. The molecule has 2 aromatic heterocycles. The average molecular weight is 1300 g/mol. The summed E-state index contributed by atoms with van der Waals surface area (Å²) in [5.41, 5.74) is 32.6. The molecule has 474 valence electrons. The minimum atomic E-state index is -0.828. The summed E-state index contributed by atoms with van der Waals surface area (Å²) in [5.74, 6) is 0. The molecule has 0 saturated carbocycles. The first-order valence-corrected chi connectivity index (χ1v) is 35.4. The molecule has 0 fully saturated rings. The molecule has 102 heavy (non-hydrogen) atoms. The molecule has 18 aromatic rings. The maximum absolute atomic E-state index is 2.72. The van der Waals surface area contributed by atoms with Crippen molar-refractivity contribution in [2.75, 3.05) is 9.80 Å². The summed E-state index contributed by atoms with van der Waals surface area (Å²) in [6.07, 6.45) is 0. The van der Waals surface area contributed by atoms with Gasteiger partial charge in [0.25, 0.3) is 6.71 Å². The Hall–Kier alpha value is -13.2. The molecule has 0 bridgehead atoms. The van der Waals surface area contributed by atoms with E-state index in [-0.39, 0.29) is 6.71 Å². The first kappa shape index (κ1) is 57.8. The van der Waals surface area contributed by atoms with Crippen LogP contribution in [-0.2, 0) is 5.41 Å². The van der Waals surface area contributed by atoms with Gasteiger partial charge in [0.1, 0.15) is 0 Å². The standard InChI is InChI=1S/C97H63BN4/c1-6-30-64(31-7-1)72-46-28-47-73(65-32-8-2-9-33-65)95(72)101-90-62-70(99-86-52-24-18-42-78(86)79-43-19-25-53-87(79)99)56-58-84(90)98-85-59-57-71(100-88-54-26-20-44-80(88)81-45-21-27-55-89(81)100)63-91(85)102(96-74(66-34-10-3-11-35-66)48-29-49-75(96)67-36-12-4-13-37-67)93-61-69(60-92(101)94(93)98)97(68-38-14-5-15-39-68)82-50-22-16-40-76(82)77-41-17-23-51-83(77)97/h1-63H. The van der Waals surface area contributed by atoms with Crippen molar-refractivity contribution in [2.24, 2.45) is 0 Å². The molecule has 4 heterocycles. The third kappa shape index (κ3) is 8.46. The van der Waals surface area contributed by atoms with E-state index in [0.717, 1.165) is 118 Å². The zero-order valence-corrected chi connectivity index (χ0v) is 55.7. The van der Waals surface area contributed by atoms with Gasteiger partial charge in [-0.05, 0) is 133 Å². The number of hydrogen-bond donors (Lipinski definition) is 0. The normalized spacial score (nSPS) is 13.1. The number of aromatic nitrogens is 2. The van der Waals surface area contributed by atoms with E-state index < -0.39 is 5.41 Å². The van der Waals surface area contributed by atoms with Gasteiger partial charge >= 0.3 is 0 Å². The Morgan fingerprint density at radius 1 is 0.225 bits per heavy atom. The van der Waals surface area contributed by atoms with Gasteiger partial charge in [0.15, 0.2) is 0 Å². The lowest BCUT2D eigenvalue weighted by atomic mass is 9.33. The molecule has 0 atom stereocenters. The molecule has 0 saturated heterocycles. The van der Waals surface area contributed by atoms with E-state index in [1.807, 2.05) is 0 Å². The van der Waals surface area contributed by atoms with E-state index in [0.29, 0.717) is 0 Å². The van der Waals surface area contributed by atoms with Crippen LogP contribution in [0.2, 0.25) is 0 Å². The summed E-state index contributed by atoms with van der Waals surface area (Å²) in [7, 11) is 0. The predicted octanol–water partition coefficient (Wildman–Crippen LogP) is 23.0. The van der Waals surface area contributed by atoms with Gasteiger partial charge in [0, 0.05) is 77.9 Å². The molecular formula is C97H63BN4. The van der Waals surface area contributed by atoms with Gasteiger partial charge in [-0.2, -0.15) is 0 Å². The van der Waals surface area contributed by atoms with Crippen molar-refractivity contribution >= 4 is 101 Å². The number of hydrogen-bond acceptors (Lipinski definition) is 2. The van der Waals surface area contributed by atoms with Gasteiger partial charge < -0.3 is 18.9 Å². The Bertz CT molecular complexity index is 5810. The Labute approximate surface area is 592 Å². The molecule has 21 rings (SSSR count). The van der Waals surface area contributed by atoms with E-state index in [9.17, 15) is 0 Å². The minimum Gasteiger partial charge on any atom is -0.310 e. The second kappa shape index (κ2) is 22.9. The van der Waals surface area contributed by atoms with Crippen LogP contribution in [0.15, 0.2) is 382 Å². The van der Waals surface area contributed by atoms with Gasteiger partial charge in [-0.1, -0.05) is 322 Å². The molecule has 0 spiro atoms. The lowest BCUT2D eigenvalue weighted by Gasteiger charge is -2.47. The summed E-state index contributed by atoms with van der Waals surface area (Å²) < 4.78 is 5.00. The molecule has 1 aliphatic carbocycles. The van der Waals surface area contributed by atoms with Crippen LogP contribution >= 0.6 is 0 Å². The van der Waals surface area contributed by atoms with Crippen molar-refractivity contribution in [2.45, 2.75) is 5.41 Å². The van der Waals surface area contributed by atoms with Crippen LogP contribution in [0, 0.1) is 0 Å². The van der Waals surface area contributed by atoms with Crippen molar-refractivity contribution in [1.82, 2.24) is 9.13 Å². The molecule has 3 aliphatic rings. The lowest BCUT2D eigenvalue weighted by molar-refractivity contribution is 0.768. The second-order valence-corrected chi connectivity index (χ2v) is 27.3. The summed E-state index contributed by atoms with van der Waals surface area (Å²) in [4.78, 5) is 5.44. The lowest BCUT2D eigenvalue weighted by Crippen LogP contribution is -2.61. The SMILES string of the molecule is c1ccc(-c2cccc(-c3ccccc3)c2N2c3cc(-n4c5ccccc5c5ccccc54)ccc3B3c4ccc(-n5c6ccccc6c6ccccc65)cc4N(c4c(-c5ccccc5)cccc4-c4ccccc4)c4cc(C5(c6ccccc6)c6ccccc6-c6ccccc65)cc2c43)cc1. The smallest absolute Gasteiger partial charge is 0.252 e. The van der Waals surface area contributed by atoms with Crippen LogP contribution in [0.1, 0.15) is 22.3 Å². The molecule has 2 aliphatic heterocycles. The Balaban J connectivity index is 0.983. The maximum Gasteiger partial charge on any atom is 0.252 e. The summed E-state index contributed by atoms with van der Waals surface area (Å²) in [6, 6.07) is 144. The van der Waals surface area contributed by atoms with Crippen molar-refractivity contribution in [1.29, 1.82) is 0 Å². The number of rotatable bonds is 10. The second-order valence-electron chi connectivity index (χ2n) is 27.3. The van der Waals surface area contributed by atoms with Gasteiger partial charge in [-0.25, -0.2) is 0 Å². The van der Waals surface area contributed by atoms with E-state index in [4.69, 9.17) is 0 Å². The average Bonchev–Trinajstić information content (AvgIpc) is 1.51. The highest BCUT2D eigenvalue weighted by atomic mass is 15.2. The third-order valence-corrected chi connectivity index (χ3v) is 22.2. The highest BCUT2D eigenvalue weighted by molar-refractivity contribution is 7.00. The Morgan fingerprint density at radius 2 is 0.529 bits per heavy atom. The molecule has 0 N–H and O–H groups in total. The van der Waals surface area contributed by atoms with Crippen LogP contribution < -0.4 is 26.2 Å². The van der Waals surface area contributed by atoms with Crippen LogP contribution in [0.3, 0.4) is 0 Å².